The number of carbonyl (C=O) groups is 1. The van der Waals surface area contributed by atoms with Crippen LogP contribution in [0.15, 0.2) is 23.3 Å². The number of fused-ring (bicyclic) bond motifs is 1. The molecular formula is C10H8ClFN4OS. The van der Waals surface area contributed by atoms with E-state index in [4.69, 9.17) is 0 Å². The lowest BCUT2D eigenvalue weighted by atomic mass is 10.3. The fourth-order valence-corrected chi connectivity index (χ4v) is 2.13. The van der Waals surface area contributed by atoms with Crippen LogP contribution >= 0.6 is 24.2 Å². The lowest BCUT2D eigenvalue weighted by Gasteiger charge is -2.08. The van der Waals surface area contributed by atoms with Gasteiger partial charge in [-0.15, -0.1) is 12.4 Å². The van der Waals surface area contributed by atoms with Gasteiger partial charge in [-0.1, -0.05) is 11.8 Å². The smallest absolute Gasteiger partial charge is 0.299 e. The molecule has 0 saturated carbocycles. The molecule has 3 rings (SSSR count). The molecule has 1 aliphatic heterocycles. The Labute approximate surface area is 112 Å². The molecule has 0 radical (unpaired) electrons. The number of nitrogens with zero attached hydrogens (tertiary/aromatic N) is 2. The third-order valence-electron chi connectivity index (χ3n) is 2.34. The van der Waals surface area contributed by atoms with Crippen molar-refractivity contribution < 1.29 is 9.18 Å². The highest BCUT2D eigenvalue weighted by Crippen LogP contribution is 2.16. The Morgan fingerprint density at radius 1 is 1.39 bits per heavy atom. The van der Waals surface area contributed by atoms with Gasteiger partial charge in [-0.2, -0.15) is 5.10 Å². The zero-order valence-corrected chi connectivity index (χ0v) is 10.6. The normalized spacial score (nSPS) is 14.9. The quantitative estimate of drug-likeness (QED) is 0.845. The molecule has 1 amide bonds. The van der Waals surface area contributed by atoms with Gasteiger partial charge in [0.05, 0.1) is 16.8 Å². The highest BCUT2D eigenvalue weighted by Gasteiger charge is 2.16. The summed E-state index contributed by atoms with van der Waals surface area (Å²) in [6, 6.07) is 4.33. The Hall–Kier alpha value is -1.60. The summed E-state index contributed by atoms with van der Waals surface area (Å²) in [5.74, 6) is 0.688. The molecule has 2 heterocycles. The van der Waals surface area contributed by atoms with Crippen molar-refractivity contribution in [3.8, 4) is 0 Å². The molecular weight excluding hydrogens is 279 g/mol. The number of halogens is 2. The summed E-state index contributed by atoms with van der Waals surface area (Å²) in [5.41, 5.74) is 4.30. The Balaban J connectivity index is 0.00000120. The van der Waals surface area contributed by atoms with Crippen molar-refractivity contribution in [2.75, 3.05) is 5.75 Å². The van der Waals surface area contributed by atoms with E-state index in [1.165, 1.54) is 12.1 Å². The molecule has 94 valence electrons. The number of hydrogen-bond acceptors (Lipinski definition) is 4. The number of thioether (sulfide) groups is 1. The summed E-state index contributed by atoms with van der Waals surface area (Å²) in [7, 11) is 0. The number of aromatic amines is 1. The van der Waals surface area contributed by atoms with E-state index < -0.39 is 0 Å². The molecule has 2 N–H and O–H groups in total. The molecule has 5 nitrogen and oxygen atoms in total. The van der Waals surface area contributed by atoms with Crippen molar-refractivity contribution in [2.24, 2.45) is 5.10 Å². The van der Waals surface area contributed by atoms with Crippen molar-refractivity contribution in [3.63, 3.8) is 0 Å². The molecule has 0 fully saturated rings. The van der Waals surface area contributed by atoms with Crippen LogP contribution in [0.4, 0.5) is 9.18 Å². The lowest BCUT2D eigenvalue weighted by Crippen LogP contribution is -2.24. The van der Waals surface area contributed by atoms with Gasteiger partial charge in [0.2, 0.25) is 0 Å². The van der Waals surface area contributed by atoms with Gasteiger partial charge in [0.15, 0.2) is 5.82 Å². The second-order valence-electron chi connectivity index (χ2n) is 3.49. The summed E-state index contributed by atoms with van der Waals surface area (Å²) in [4.78, 5) is 18.2. The van der Waals surface area contributed by atoms with Crippen molar-refractivity contribution in [2.45, 2.75) is 0 Å². The predicted octanol–water partition coefficient (Wildman–Crippen LogP) is 2.28. The first kappa shape index (κ1) is 12.8. The van der Waals surface area contributed by atoms with E-state index >= 15 is 0 Å². The zero-order valence-electron chi connectivity index (χ0n) is 8.94. The number of nitrogens with one attached hydrogen (secondary N) is 2. The summed E-state index contributed by atoms with van der Waals surface area (Å²) in [6.07, 6.45) is 0. The third kappa shape index (κ3) is 2.32. The van der Waals surface area contributed by atoms with Crippen molar-refractivity contribution in [1.82, 2.24) is 15.4 Å². The van der Waals surface area contributed by atoms with Gasteiger partial charge in [-0.3, -0.25) is 4.79 Å². The number of benzene rings is 1. The molecule has 0 bridgehead atoms. The first-order valence-electron chi connectivity index (χ1n) is 4.87. The summed E-state index contributed by atoms with van der Waals surface area (Å²) in [6.45, 7) is 0. The fourth-order valence-electron chi connectivity index (χ4n) is 1.55. The molecule has 1 aliphatic rings. The minimum absolute atomic E-state index is 0. The summed E-state index contributed by atoms with van der Waals surface area (Å²) >= 11 is 1.12. The Morgan fingerprint density at radius 2 is 2.22 bits per heavy atom. The van der Waals surface area contributed by atoms with Crippen LogP contribution in [0.3, 0.4) is 0 Å². The number of aromatic nitrogens is 2. The summed E-state index contributed by atoms with van der Waals surface area (Å²) in [5, 5.41) is 3.72. The number of rotatable bonds is 1. The van der Waals surface area contributed by atoms with Gasteiger partial charge in [0, 0.05) is 0 Å². The van der Waals surface area contributed by atoms with Gasteiger partial charge in [0.1, 0.15) is 11.5 Å². The van der Waals surface area contributed by atoms with E-state index in [-0.39, 0.29) is 23.5 Å². The number of H-pyrrole nitrogens is 1. The molecule has 0 unspecified atom stereocenters. The largest absolute Gasteiger partial charge is 0.337 e. The highest BCUT2D eigenvalue weighted by molar-refractivity contribution is 8.14. The van der Waals surface area contributed by atoms with Gasteiger partial charge in [-0.05, 0) is 18.2 Å². The minimum atomic E-state index is -0.319. The second-order valence-corrected chi connectivity index (χ2v) is 4.44. The predicted molar refractivity (Wildman–Crippen MR) is 70.8 cm³/mol. The van der Waals surface area contributed by atoms with Crippen molar-refractivity contribution in [1.29, 1.82) is 0 Å². The van der Waals surface area contributed by atoms with E-state index in [1.54, 1.807) is 6.07 Å². The Morgan fingerprint density at radius 3 is 2.94 bits per heavy atom. The number of imidazole rings is 1. The minimum Gasteiger partial charge on any atom is -0.337 e. The van der Waals surface area contributed by atoms with E-state index in [2.05, 4.69) is 20.5 Å². The van der Waals surface area contributed by atoms with E-state index in [0.29, 0.717) is 28.3 Å². The molecule has 0 aliphatic carbocycles. The van der Waals surface area contributed by atoms with Crippen molar-refractivity contribution in [3.05, 3.63) is 29.8 Å². The van der Waals surface area contributed by atoms with E-state index in [9.17, 15) is 9.18 Å². The Bertz CT molecular complexity index is 642. The van der Waals surface area contributed by atoms with Gasteiger partial charge >= 0.3 is 0 Å². The first-order valence-corrected chi connectivity index (χ1v) is 5.86. The van der Waals surface area contributed by atoms with Crippen LogP contribution < -0.4 is 5.43 Å². The Kier molecular flexibility index (Phi) is 3.53. The second kappa shape index (κ2) is 4.95. The average molecular weight is 287 g/mol. The van der Waals surface area contributed by atoms with Crippen LogP contribution in [0.25, 0.3) is 11.0 Å². The van der Waals surface area contributed by atoms with Crippen LogP contribution in [-0.4, -0.2) is 26.7 Å². The standard InChI is InChI=1S/C10H7FN4OS.ClH/c11-5-1-2-6-7(3-5)13-9(12-6)8-4-17-10(16)15-14-8;/h1-3H,4H2,(H,12,13)(H,15,16);1H. The zero-order chi connectivity index (χ0) is 11.8. The molecule has 1 aromatic carbocycles. The fraction of sp³-hybridized carbons (Fsp3) is 0.100. The first-order chi connectivity index (χ1) is 8.22. The highest BCUT2D eigenvalue weighted by atomic mass is 35.5. The SMILES string of the molecule is Cl.O=C1NN=C(c2nc3ccc(F)cc3[nH]2)CS1. The van der Waals surface area contributed by atoms with Gasteiger partial charge < -0.3 is 4.98 Å². The third-order valence-corrected chi connectivity index (χ3v) is 3.11. The van der Waals surface area contributed by atoms with Crippen LogP contribution in [0, 0.1) is 5.82 Å². The van der Waals surface area contributed by atoms with Crippen LogP contribution in [0.2, 0.25) is 0 Å². The molecule has 0 atom stereocenters. The summed E-state index contributed by atoms with van der Waals surface area (Å²) < 4.78 is 13.0. The molecule has 18 heavy (non-hydrogen) atoms. The molecule has 1 aromatic heterocycles. The number of hydrazone groups is 1. The number of amides is 1. The van der Waals surface area contributed by atoms with Gasteiger partial charge in [0.25, 0.3) is 5.24 Å². The van der Waals surface area contributed by atoms with Crippen LogP contribution in [0.5, 0.6) is 0 Å². The topological polar surface area (TPSA) is 70.1 Å². The molecule has 2 aromatic rings. The maximum absolute atomic E-state index is 13.0. The van der Waals surface area contributed by atoms with Crippen LogP contribution in [-0.2, 0) is 0 Å². The lowest BCUT2D eigenvalue weighted by molar-refractivity contribution is 0.261. The van der Waals surface area contributed by atoms with Crippen LogP contribution in [0.1, 0.15) is 5.82 Å². The molecule has 0 saturated heterocycles. The maximum Gasteiger partial charge on any atom is 0.299 e. The van der Waals surface area contributed by atoms with E-state index in [0.717, 1.165) is 11.8 Å². The maximum atomic E-state index is 13.0. The van der Waals surface area contributed by atoms with Gasteiger partial charge in [-0.25, -0.2) is 14.8 Å². The monoisotopic (exact) mass is 286 g/mol. The molecule has 0 spiro atoms. The number of hydrogen-bond donors (Lipinski definition) is 2. The van der Waals surface area contributed by atoms with Crippen molar-refractivity contribution >= 4 is 46.2 Å². The average Bonchev–Trinajstić information content (AvgIpc) is 2.72. The molecule has 8 heteroatoms. The number of carbonyl (C=O) groups excluding carboxylic acids is 1. The van der Waals surface area contributed by atoms with E-state index in [1.807, 2.05) is 0 Å².